The molecular weight excluding hydrogens is 104 g/mol. The predicted molar refractivity (Wildman–Crippen MR) is 33.5 cm³/mol. The molecule has 4 nitrogen and oxygen atoms in total. The molecule has 0 aliphatic carbocycles. The third kappa shape index (κ3) is 1.42. The molecule has 44 valence electrons. The average molecular weight is 112 g/mol. The molecule has 0 atom stereocenters. The number of nitrogens with one attached hydrogen (secondary N) is 1. The lowest BCUT2D eigenvalue weighted by Gasteiger charge is -2.07. The number of hydrogen-bond acceptors (Lipinski definition) is 2. The van der Waals surface area contributed by atoms with E-state index in [0.717, 1.165) is 5.01 Å². The van der Waals surface area contributed by atoms with Crippen LogP contribution in [0, 0.1) is 5.41 Å². The predicted octanol–water partition coefficient (Wildman–Crippen LogP) is -0.0590. The van der Waals surface area contributed by atoms with Crippen molar-refractivity contribution >= 4 is 12.7 Å². The minimum Gasteiger partial charge on any atom is -0.368 e. The second kappa shape index (κ2) is 2.79. The van der Waals surface area contributed by atoms with Crippen molar-refractivity contribution in [2.45, 2.75) is 0 Å². The van der Waals surface area contributed by atoms with Gasteiger partial charge in [0.05, 0.1) is 0 Å². The molecule has 0 unspecified atom stereocenters. The lowest BCUT2D eigenvalue weighted by molar-refractivity contribution is 0.597. The Morgan fingerprint density at radius 3 is 2.38 bits per heavy atom. The SMILES string of the molecule is C=CN(N=C)C(=N)N. The largest absolute Gasteiger partial charge is 0.368 e. The highest BCUT2D eigenvalue weighted by Crippen LogP contribution is 1.82. The Hall–Kier alpha value is -1.32. The second-order valence-corrected chi connectivity index (χ2v) is 1.05. The molecule has 0 fully saturated rings. The van der Waals surface area contributed by atoms with Crippen LogP contribution in [-0.4, -0.2) is 17.7 Å². The van der Waals surface area contributed by atoms with Gasteiger partial charge in [-0.1, -0.05) is 6.58 Å². The second-order valence-electron chi connectivity index (χ2n) is 1.05. The van der Waals surface area contributed by atoms with Gasteiger partial charge in [-0.25, -0.2) is 5.01 Å². The van der Waals surface area contributed by atoms with Crippen LogP contribution < -0.4 is 5.73 Å². The van der Waals surface area contributed by atoms with E-state index in [1.807, 2.05) is 0 Å². The fourth-order valence-electron chi connectivity index (χ4n) is 0.232. The van der Waals surface area contributed by atoms with Gasteiger partial charge >= 0.3 is 0 Å². The smallest absolute Gasteiger partial charge is 0.213 e. The Kier molecular flexibility index (Phi) is 2.33. The molecule has 0 aliphatic rings. The zero-order chi connectivity index (χ0) is 6.57. The fourth-order valence-corrected chi connectivity index (χ4v) is 0.232. The van der Waals surface area contributed by atoms with Gasteiger partial charge in [0.25, 0.3) is 0 Å². The third-order valence-electron chi connectivity index (χ3n) is 0.572. The van der Waals surface area contributed by atoms with Crippen LogP contribution in [0.2, 0.25) is 0 Å². The average Bonchev–Trinajstić information content (AvgIpc) is 1.69. The molecule has 3 N–H and O–H groups in total. The molecule has 0 rings (SSSR count). The Labute approximate surface area is 47.8 Å². The van der Waals surface area contributed by atoms with E-state index >= 15 is 0 Å². The quantitative estimate of drug-likeness (QED) is 0.298. The Morgan fingerprint density at radius 1 is 1.88 bits per heavy atom. The highest BCUT2D eigenvalue weighted by Gasteiger charge is 1.92. The first kappa shape index (κ1) is 6.68. The van der Waals surface area contributed by atoms with Crippen molar-refractivity contribution in [2.24, 2.45) is 10.8 Å². The molecule has 0 radical (unpaired) electrons. The zero-order valence-corrected chi connectivity index (χ0v) is 4.46. The minimum absolute atomic E-state index is 0.185. The van der Waals surface area contributed by atoms with Crippen LogP contribution in [0.1, 0.15) is 0 Å². The maximum atomic E-state index is 6.75. The first-order valence-electron chi connectivity index (χ1n) is 1.94. The molecule has 0 amide bonds. The Bertz CT molecular complexity index is 109. The van der Waals surface area contributed by atoms with Crippen molar-refractivity contribution in [3.63, 3.8) is 0 Å². The number of hydrazone groups is 1. The molecule has 0 heterocycles. The van der Waals surface area contributed by atoms with E-state index in [1.165, 1.54) is 6.20 Å². The normalized spacial score (nSPS) is 7.50. The van der Waals surface area contributed by atoms with Crippen molar-refractivity contribution in [1.29, 1.82) is 5.41 Å². The summed E-state index contributed by atoms with van der Waals surface area (Å²) in [6.07, 6.45) is 1.30. The van der Waals surface area contributed by atoms with Crippen molar-refractivity contribution < 1.29 is 0 Å². The molecule has 0 aromatic carbocycles. The first-order valence-corrected chi connectivity index (χ1v) is 1.94. The standard InChI is InChI=1S/C4H8N4/c1-3-8(7-2)4(5)6/h3H,1-2H2,(H3,5,6). The van der Waals surface area contributed by atoms with Crippen LogP contribution in [0.15, 0.2) is 17.9 Å². The fraction of sp³-hybridized carbons (Fsp3) is 0. The van der Waals surface area contributed by atoms with E-state index in [0.29, 0.717) is 0 Å². The summed E-state index contributed by atoms with van der Waals surface area (Å²) in [5.74, 6) is -0.185. The van der Waals surface area contributed by atoms with Crippen LogP contribution in [0.5, 0.6) is 0 Å². The topological polar surface area (TPSA) is 65.5 Å². The van der Waals surface area contributed by atoms with Crippen LogP contribution in [0.25, 0.3) is 0 Å². The van der Waals surface area contributed by atoms with Gasteiger partial charge in [0.1, 0.15) is 0 Å². The van der Waals surface area contributed by atoms with Gasteiger partial charge in [-0.3, -0.25) is 5.41 Å². The lowest BCUT2D eigenvalue weighted by Crippen LogP contribution is -2.26. The molecule has 0 aromatic rings. The zero-order valence-electron chi connectivity index (χ0n) is 4.46. The summed E-state index contributed by atoms with van der Waals surface area (Å²) >= 11 is 0. The van der Waals surface area contributed by atoms with Gasteiger partial charge in [-0.2, -0.15) is 5.10 Å². The van der Waals surface area contributed by atoms with Crippen molar-refractivity contribution in [3.8, 4) is 0 Å². The number of hydrogen-bond donors (Lipinski definition) is 2. The Morgan fingerprint density at radius 2 is 2.38 bits per heavy atom. The molecule has 0 spiro atoms. The van der Waals surface area contributed by atoms with Gasteiger partial charge in [-0.05, 0) is 0 Å². The molecule has 0 saturated heterocycles. The summed E-state index contributed by atoms with van der Waals surface area (Å²) in [4.78, 5) is 0. The van der Waals surface area contributed by atoms with Gasteiger partial charge in [0.2, 0.25) is 5.96 Å². The van der Waals surface area contributed by atoms with Gasteiger partial charge in [0, 0.05) is 12.9 Å². The van der Waals surface area contributed by atoms with E-state index in [-0.39, 0.29) is 5.96 Å². The highest BCUT2D eigenvalue weighted by molar-refractivity contribution is 5.75. The minimum atomic E-state index is -0.185. The lowest BCUT2D eigenvalue weighted by atomic mass is 10.8. The van der Waals surface area contributed by atoms with Crippen molar-refractivity contribution in [1.82, 2.24) is 5.01 Å². The molecule has 0 bridgehead atoms. The maximum Gasteiger partial charge on any atom is 0.213 e. The highest BCUT2D eigenvalue weighted by atomic mass is 15.5. The van der Waals surface area contributed by atoms with Gasteiger partial charge in [-0.15, -0.1) is 0 Å². The van der Waals surface area contributed by atoms with E-state index in [9.17, 15) is 0 Å². The number of nitrogens with two attached hydrogens (primary N) is 1. The molecule has 4 heteroatoms. The summed E-state index contributed by atoms with van der Waals surface area (Å²) in [7, 11) is 0. The van der Waals surface area contributed by atoms with E-state index in [4.69, 9.17) is 11.1 Å². The van der Waals surface area contributed by atoms with Gasteiger partial charge < -0.3 is 5.73 Å². The van der Waals surface area contributed by atoms with Crippen molar-refractivity contribution in [2.75, 3.05) is 0 Å². The molecule has 0 saturated carbocycles. The van der Waals surface area contributed by atoms with Crippen LogP contribution in [0.3, 0.4) is 0 Å². The number of rotatable bonds is 2. The molecule has 0 aliphatic heterocycles. The molecular formula is C4H8N4. The van der Waals surface area contributed by atoms with Crippen LogP contribution in [-0.2, 0) is 0 Å². The summed E-state index contributed by atoms with van der Waals surface area (Å²) in [5, 5.41) is 11.1. The van der Waals surface area contributed by atoms with E-state index < -0.39 is 0 Å². The van der Waals surface area contributed by atoms with Crippen LogP contribution >= 0.6 is 0 Å². The number of guanidine groups is 1. The third-order valence-corrected chi connectivity index (χ3v) is 0.572. The Balaban J connectivity index is 3.88. The summed E-state index contributed by atoms with van der Waals surface area (Å²) in [5.41, 5.74) is 4.96. The van der Waals surface area contributed by atoms with Gasteiger partial charge in [0.15, 0.2) is 0 Å². The molecule has 0 aromatic heterocycles. The number of nitrogens with zero attached hydrogens (tertiary/aromatic N) is 2. The van der Waals surface area contributed by atoms with E-state index in [1.54, 1.807) is 0 Å². The monoisotopic (exact) mass is 112 g/mol. The molecule has 8 heavy (non-hydrogen) atoms. The summed E-state index contributed by atoms with van der Waals surface area (Å²) in [6, 6.07) is 0. The summed E-state index contributed by atoms with van der Waals surface area (Å²) < 4.78 is 0. The summed E-state index contributed by atoms with van der Waals surface area (Å²) in [6.45, 7) is 6.46. The van der Waals surface area contributed by atoms with E-state index in [2.05, 4.69) is 18.4 Å². The van der Waals surface area contributed by atoms with Crippen LogP contribution in [0.4, 0.5) is 0 Å². The first-order chi connectivity index (χ1) is 3.72. The maximum absolute atomic E-state index is 6.75. The van der Waals surface area contributed by atoms with Crippen molar-refractivity contribution in [3.05, 3.63) is 12.8 Å².